The molecule has 1 aliphatic rings. The van der Waals surface area contributed by atoms with E-state index in [1.807, 2.05) is 50.5 Å². The first-order valence-corrected chi connectivity index (χ1v) is 12.2. The van der Waals surface area contributed by atoms with Crippen molar-refractivity contribution in [3.8, 4) is 11.1 Å². The molecule has 1 saturated heterocycles. The molecule has 6 heteroatoms. The second kappa shape index (κ2) is 11.7. The third kappa shape index (κ3) is 6.40. The van der Waals surface area contributed by atoms with Crippen molar-refractivity contribution < 1.29 is 19.4 Å². The summed E-state index contributed by atoms with van der Waals surface area (Å²) in [5, 5.41) is 8.98. The maximum atomic E-state index is 13.5. The van der Waals surface area contributed by atoms with Crippen LogP contribution in [-0.2, 0) is 20.9 Å². The van der Waals surface area contributed by atoms with Gasteiger partial charge in [0.05, 0.1) is 6.54 Å². The van der Waals surface area contributed by atoms with Crippen LogP contribution in [0.15, 0.2) is 78.9 Å². The number of carbonyl (C=O) groups excluding carboxylic acids is 1. The van der Waals surface area contributed by atoms with Crippen LogP contribution in [-0.4, -0.2) is 43.8 Å². The molecule has 0 radical (unpaired) electrons. The molecule has 1 amide bonds. The molecule has 0 spiro atoms. The Bertz CT molecular complexity index is 1210. The van der Waals surface area contributed by atoms with Gasteiger partial charge >= 0.3 is 5.97 Å². The molecular formula is C30H32N2O4. The van der Waals surface area contributed by atoms with E-state index in [1.165, 1.54) is 6.08 Å². The summed E-state index contributed by atoms with van der Waals surface area (Å²) >= 11 is 0. The number of benzene rings is 3. The molecule has 36 heavy (non-hydrogen) atoms. The molecule has 1 heterocycles. The second-order valence-electron chi connectivity index (χ2n) is 9.18. The smallest absolute Gasteiger partial charge is 0.328 e. The Morgan fingerprint density at radius 1 is 0.944 bits per heavy atom. The normalized spacial score (nSPS) is 15.6. The van der Waals surface area contributed by atoms with E-state index in [-0.39, 0.29) is 5.91 Å². The van der Waals surface area contributed by atoms with Gasteiger partial charge in [0.15, 0.2) is 0 Å². The highest BCUT2D eigenvalue weighted by molar-refractivity contribution is 5.97. The van der Waals surface area contributed by atoms with Crippen LogP contribution in [0, 0.1) is 0 Å². The Labute approximate surface area is 212 Å². The Kier molecular flexibility index (Phi) is 8.18. The van der Waals surface area contributed by atoms with Crippen LogP contribution >= 0.6 is 0 Å². The van der Waals surface area contributed by atoms with E-state index in [0.717, 1.165) is 41.3 Å². The molecule has 4 rings (SSSR count). The van der Waals surface area contributed by atoms with Crippen molar-refractivity contribution in [1.29, 1.82) is 0 Å². The van der Waals surface area contributed by atoms with Gasteiger partial charge in [-0.1, -0.05) is 48.5 Å². The maximum Gasteiger partial charge on any atom is 0.328 e. The van der Waals surface area contributed by atoms with Gasteiger partial charge in [0, 0.05) is 38.2 Å². The van der Waals surface area contributed by atoms with E-state index in [2.05, 4.69) is 41.3 Å². The number of nitrogens with zero attached hydrogens (tertiary/aromatic N) is 2. The number of amides is 1. The summed E-state index contributed by atoms with van der Waals surface area (Å²) in [6.45, 7) is 0.984. The number of hydrogen-bond donors (Lipinski definition) is 1. The zero-order valence-electron chi connectivity index (χ0n) is 20.8. The zero-order valence-corrected chi connectivity index (χ0v) is 20.8. The molecule has 186 valence electrons. The van der Waals surface area contributed by atoms with Gasteiger partial charge in [-0.15, -0.1) is 0 Å². The van der Waals surface area contributed by atoms with Crippen LogP contribution in [0.4, 0.5) is 11.4 Å². The number of carboxylic acid groups (broad SMARTS) is 1. The van der Waals surface area contributed by atoms with Crippen molar-refractivity contribution in [2.45, 2.75) is 31.9 Å². The number of anilines is 2. The SMILES string of the molecule is CN(C)c1ccc(-c2ccc(CN(C(=O)C3CCCCO3)c3cccc(/C=C/C(=O)O)c3)cc2)cc1. The summed E-state index contributed by atoms with van der Waals surface area (Å²) in [5.41, 5.74) is 5.82. The topological polar surface area (TPSA) is 70.1 Å². The van der Waals surface area contributed by atoms with E-state index in [4.69, 9.17) is 9.84 Å². The van der Waals surface area contributed by atoms with Gasteiger partial charge in [0.1, 0.15) is 6.10 Å². The molecule has 1 atom stereocenters. The van der Waals surface area contributed by atoms with Crippen molar-refractivity contribution in [2.24, 2.45) is 0 Å². The van der Waals surface area contributed by atoms with Gasteiger partial charge < -0.3 is 19.6 Å². The Balaban J connectivity index is 1.58. The lowest BCUT2D eigenvalue weighted by Crippen LogP contribution is -2.41. The van der Waals surface area contributed by atoms with Crippen molar-refractivity contribution in [1.82, 2.24) is 0 Å². The van der Waals surface area contributed by atoms with Gasteiger partial charge in [0.2, 0.25) is 0 Å². The summed E-state index contributed by atoms with van der Waals surface area (Å²) in [6, 6.07) is 24.0. The number of rotatable bonds is 8. The van der Waals surface area contributed by atoms with E-state index < -0.39 is 12.1 Å². The van der Waals surface area contributed by atoms with Gasteiger partial charge in [-0.2, -0.15) is 0 Å². The maximum absolute atomic E-state index is 13.5. The first-order valence-electron chi connectivity index (χ1n) is 12.2. The van der Waals surface area contributed by atoms with E-state index in [9.17, 15) is 9.59 Å². The molecule has 1 unspecified atom stereocenters. The molecule has 3 aromatic rings. The fraction of sp³-hybridized carbons (Fsp3) is 0.267. The highest BCUT2D eigenvalue weighted by atomic mass is 16.5. The molecular weight excluding hydrogens is 452 g/mol. The lowest BCUT2D eigenvalue weighted by atomic mass is 10.0. The fourth-order valence-corrected chi connectivity index (χ4v) is 4.31. The van der Waals surface area contributed by atoms with Gasteiger partial charge in [-0.25, -0.2) is 4.79 Å². The average Bonchev–Trinajstić information content (AvgIpc) is 2.91. The molecule has 1 N–H and O–H groups in total. The summed E-state index contributed by atoms with van der Waals surface area (Å²) in [7, 11) is 4.04. The molecule has 6 nitrogen and oxygen atoms in total. The third-order valence-electron chi connectivity index (χ3n) is 6.33. The second-order valence-corrected chi connectivity index (χ2v) is 9.18. The zero-order chi connectivity index (χ0) is 25.5. The number of carbonyl (C=O) groups is 2. The minimum absolute atomic E-state index is 0.0718. The Hall–Kier alpha value is -3.90. The minimum Gasteiger partial charge on any atom is -0.478 e. The molecule has 0 saturated carbocycles. The highest BCUT2D eigenvalue weighted by Gasteiger charge is 2.28. The van der Waals surface area contributed by atoms with E-state index in [1.54, 1.807) is 4.90 Å². The molecule has 0 aliphatic carbocycles. The fourth-order valence-electron chi connectivity index (χ4n) is 4.31. The molecule has 0 bridgehead atoms. The van der Waals surface area contributed by atoms with Gasteiger partial charge in [-0.05, 0) is 71.9 Å². The van der Waals surface area contributed by atoms with E-state index in [0.29, 0.717) is 30.8 Å². The van der Waals surface area contributed by atoms with Crippen molar-refractivity contribution in [3.05, 3.63) is 90.0 Å². The number of aliphatic carboxylic acids is 1. The number of hydrogen-bond acceptors (Lipinski definition) is 4. The van der Waals surface area contributed by atoms with Gasteiger partial charge in [-0.3, -0.25) is 4.79 Å². The predicted octanol–water partition coefficient (Wildman–Crippen LogP) is 5.62. The van der Waals surface area contributed by atoms with Crippen molar-refractivity contribution in [3.63, 3.8) is 0 Å². The number of carboxylic acids is 1. The van der Waals surface area contributed by atoms with Crippen molar-refractivity contribution in [2.75, 3.05) is 30.5 Å². The first-order chi connectivity index (χ1) is 17.4. The van der Waals surface area contributed by atoms with Crippen LogP contribution in [0.1, 0.15) is 30.4 Å². The highest BCUT2D eigenvalue weighted by Crippen LogP contribution is 2.26. The van der Waals surface area contributed by atoms with Crippen LogP contribution in [0.25, 0.3) is 17.2 Å². The van der Waals surface area contributed by atoms with E-state index >= 15 is 0 Å². The molecule has 3 aromatic carbocycles. The Morgan fingerprint density at radius 3 is 2.25 bits per heavy atom. The number of ether oxygens (including phenoxy) is 1. The largest absolute Gasteiger partial charge is 0.478 e. The molecule has 0 aromatic heterocycles. The van der Waals surface area contributed by atoms with Crippen LogP contribution in [0.2, 0.25) is 0 Å². The monoisotopic (exact) mass is 484 g/mol. The average molecular weight is 485 g/mol. The van der Waals surface area contributed by atoms with Crippen molar-refractivity contribution >= 4 is 29.3 Å². The van der Waals surface area contributed by atoms with Crippen LogP contribution in [0.5, 0.6) is 0 Å². The quantitative estimate of drug-likeness (QED) is 0.420. The van der Waals surface area contributed by atoms with Gasteiger partial charge in [0.25, 0.3) is 5.91 Å². The first kappa shape index (κ1) is 25.2. The Morgan fingerprint density at radius 2 is 1.64 bits per heavy atom. The standard InChI is InChI=1S/C30H32N2O4/c1-31(2)26-16-14-25(15-17-26)24-12-9-23(10-13-24)21-32(30(35)28-8-3-4-19-36-28)27-7-5-6-22(20-27)11-18-29(33)34/h5-7,9-18,20,28H,3-4,8,19,21H2,1-2H3,(H,33,34)/b18-11+. The summed E-state index contributed by atoms with van der Waals surface area (Å²) in [5.74, 6) is -1.09. The molecule has 1 fully saturated rings. The van der Waals surface area contributed by atoms with Crippen LogP contribution < -0.4 is 9.80 Å². The summed E-state index contributed by atoms with van der Waals surface area (Å²) in [6.07, 6.45) is 4.80. The predicted molar refractivity (Wildman–Crippen MR) is 144 cm³/mol. The summed E-state index contributed by atoms with van der Waals surface area (Å²) in [4.78, 5) is 28.3. The summed E-state index contributed by atoms with van der Waals surface area (Å²) < 4.78 is 5.81. The third-order valence-corrected chi connectivity index (χ3v) is 6.33. The van der Waals surface area contributed by atoms with Crippen LogP contribution in [0.3, 0.4) is 0 Å². The molecule has 1 aliphatic heterocycles. The minimum atomic E-state index is -1.01. The lowest BCUT2D eigenvalue weighted by molar-refractivity contribution is -0.133. The lowest BCUT2D eigenvalue weighted by Gasteiger charge is -2.30.